The molecule has 0 saturated carbocycles. The number of unbranched alkanes of at least 4 members (excludes halogenated alkanes) is 1. The Bertz CT molecular complexity index is 660. The average molecular weight is 370 g/mol. The summed E-state index contributed by atoms with van der Waals surface area (Å²) in [5.41, 5.74) is 1.92. The van der Waals surface area contributed by atoms with Crippen LogP contribution in [0.1, 0.15) is 52.0 Å². The highest BCUT2D eigenvalue weighted by molar-refractivity contribution is 7.92. The van der Waals surface area contributed by atoms with E-state index in [9.17, 15) is 13.2 Å². The van der Waals surface area contributed by atoms with Crippen LogP contribution in [0.25, 0.3) is 0 Å². The normalized spacial score (nSPS) is 12.5. The van der Waals surface area contributed by atoms with E-state index in [1.165, 1.54) is 6.42 Å². The van der Waals surface area contributed by atoms with E-state index in [2.05, 4.69) is 29.2 Å². The van der Waals surface area contributed by atoms with Crippen LogP contribution in [0.3, 0.4) is 0 Å². The maximum atomic E-state index is 12.0. The Balaban J connectivity index is 2.59. The summed E-state index contributed by atoms with van der Waals surface area (Å²) in [4.78, 5) is 12.0. The highest BCUT2D eigenvalue weighted by Crippen LogP contribution is 2.21. The van der Waals surface area contributed by atoms with E-state index in [1.807, 2.05) is 0 Å². The molecular weight excluding hydrogens is 338 g/mol. The lowest BCUT2D eigenvalue weighted by atomic mass is 9.99. The first-order valence-corrected chi connectivity index (χ1v) is 10.6. The predicted octanol–water partition coefficient (Wildman–Crippen LogP) is 4.09. The molecule has 1 rings (SSSR count). The molecule has 1 unspecified atom stereocenters. The van der Waals surface area contributed by atoms with E-state index in [-0.39, 0.29) is 11.8 Å². The number of anilines is 2. The highest BCUT2D eigenvalue weighted by Gasteiger charge is 2.11. The van der Waals surface area contributed by atoms with Crippen LogP contribution in [0.2, 0.25) is 0 Å². The van der Waals surface area contributed by atoms with Crippen LogP contribution in [0.4, 0.5) is 16.2 Å². The van der Waals surface area contributed by atoms with Gasteiger partial charge in [0.1, 0.15) is 0 Å². The molecule has 142 valence electrons. The Morgan fingerprint density at radius 1 is 1.20 bits per heavy atom. The number of carbonyl (C=O) groups excluding carboxylic acids is 1. The molecule has 6 nitrogen and oxygen atoms in total. The second-order valence-corrected chi connectivity index (χ2v) is 8.30. The molecule has 0 spiro atoms. The summed E-state index contributed by atoms with van der Waals surface area (Å²) in [5.74, 6) is 0.518. The molecule has 0 bridgehead atoms. The first-order chi connectivity index (χ1) is 11.8. The van der Waals surface area contributed by atoms with Crippen molar-refractivity contribution in [3.63, 3.8) is 0 Å². The molecule has 25 heavy (non-hydrogen) atoms. The van der Waals surface area contributed by atoms with Crippen LogP contribution in [-0.4, -0.2) is 26.7 Å². The highest BCUT2D eigenvalue weighted by atomic mass is 32.2. The van der Waals surface area contributed by atoms with Crippen molar-refractivity contribution in [2.45, 2.75) is 53.4 Å². The molecule has 2 amide bonds. The van der Waals surface area contributed by atoms with Crippen LogP contribution >= 0.6 is 0 Å². The number of hydrogen-bond acceptors (Lipinski definition) is 3. The van der Waals surface area contributed by atoms with Crippen LogP contribution in [0.15, 0.2) is 18.2 Å². The molecule has 0 heterocycles. The molecule has 3 N–H and O–H groups in total. The molecule has 1 aromatic carbocycles. The minimum atomic E-state index is -3.31. The summed E-state index contributed by atoms with van der Waals surface area (Å²) in [6.45, 7) is 8.35. The number of aryl methyl sites for hydroxylation is 1. The number of hydrogen-bond donors (Lipinski definition) is 3. The van der Waals surface area contributed by atoms with Gasteiger partial charge in [-0.1, -0.05) is 33.1 Å². The average Bonchev–Trinajstić information content (AvgIpc) is 2.57. The summed E-state index contributed by atoms with van der Waals surface area (Å²) in [6.07, 6.45) is 4.51. The number of nitrogens with one attached hydrogen (secondary N) is 3. The van der Waals surface area contributed by atoms with Crippen molar-refractivity contribution in [3.05, 3.63) is 23.8 Å². The van der Waals surface area contributed by atoms with Gasteiger partial charge >= 0.3 is 6.03 Å². The lowest BCUT2D eigenvalue weighted by Crippen LogP contribution is -2.33. The van der Waals surface area contributed by atoms with Crippen molar-refractivity contribution in [1.82, 2.24) is 5.32 Å². The number of benzene rings is 1. The van der Waals surface area contributed by atoms with Gasteiger partial charge in [0, 0.05) is 12.2 Å². The quantitative estimate of drug-likeness (QED) is 0.580. The predicted molar refractivity (Wildman–Crippen MR) is 105 cm³/mol. The third-order valence-electron chi connectivity index (χ3n) is 4.22. The van der Waals surface area contributed by atoms with Crippen LogP contribution < -0.4 is 15.4 Å². The van der Waals surface area contributed by atoms with Gasteiger partial charge in [-0.15, -0.1) is 0 Å². The molecular formula is C18H31N3O3S. The fraction of sp³-hybridized carbons (Fsp3) is 0.611. The van der Waals surface area contributed by atoms with Crippen molar-refractivity contribution < 1.29 is 13.2 Å². The fourth-order valence-electron chi connectivity index (χ4n) is 2.45. The van der Waals surface area contributed by atoms with Crippen LogP contribution in [-0.2, 0) is 10.0 Å². The third-order valence-corrected chi connectivity index (χ3v) is 5.52. The smallest absolute Gasteiger partial charge is 0.319 e. The topological polar surface area (TPSA) is 87.3 Å². The van der Waals surface area contributed by atoms with E-state index in [0.717, 1.165) is 24.8 Å². The molecule has 0 aromatic heterocycles. The summed E-state index contributed by atoms with van der Waals surface area (Å²) in [6, 6.07) is 4.86. The zero-order valence-corrected chi connectivity index (χ0v) is 16.5. The van der Waals surface area contributed by atoms with E-state index < -0.39 is 10.0 Å². The Kier molecular flexibility index (Phi) is 8.75. The minimum absolute atomic E-state index is 0.0193. The first-order valence-electron chi connectivity index (χ1n) is 8.97. The molecule has 0 aliphatic rings. The lowest BCUT2D eigenvalue weighted by molar-refractivity contribution is 0.249. The Hall–Kier alpha value is -1.76. The Morgan fingerprint density at radius 3 is 2.48 bits per heavy atom. The molecule has 0 radical (unpaired) electrons. The lowest BCUT2D eigenvalue weighted by Gasteiger charge is -2.16. The van der Waals surface area contributed by atoms with Gasteiger partial charge in [-0.2, -0.15) is 0 Å². The standard InChI is InChI=1S/C18H31N3O3S/c1-5-8-9-15(6-2)13-19-18(22)20-16-10-11-17(14(4)12-16)21-25(23,24)7-3/h10-12,15,21H,5-9,13H2,1-4H3,(H2,19,20,22). The van der Waals surface area contributed by atoms with Crippen molar-refractivity contribution in [1.29, 1.82) is 0 Å². The number of amides is 2. The maximum absolute atomic E-state index is 12.0. The first kappa shape index (κ1) is 21.3. The largest absolute Gasteiger partial charge is 0.338 e. The Morgan fingerprint density at radius 2 is 1.92 bits per heavy atom. The number of rotatable bonds is 10. The maximum Gasteiger partial charge on any atom is 0.319 e. The van der Waals surface area contributed by atoms with Crippen molar-refractivity contribution in [2.75, 3.05) is 22.3 Å². The number of sulfonamides is 1. The van der Waals surface area contributed by atoms with E-state index >= 15 is 0 Å². The number of urea groups is 1. The van der Waals surface area contributed by atoms with Crippen molar-refractivity contribution in [2.24, 2.45) is 5.92 Å². The van der Waals surface area contributed by atoms with E-state index in [1.54, 1.807) is 32.0 Å². The van der Waals surface area contributed by atoms with E-state index in [0.29, 0.717) is 23.8 Å². The second kappa shape index (κ2) is 10.3. The molecule has 0 saturated heterocycles. The minimum Gasteiger partial charge on any atom is -0.338 e. The van der Waals surface area contributed by atoms with Gasteiger partial charge in [0.2, 0.25) is 10.0 Å². The van der Waals surface area contributed by atoms with Crippen LogP contribution in [0, 0.1) is 12.8 Å². The molecule has 7 heteroatoms. The van der Waals surface area contributed by atoms with Crippen molar-refractivity contribution >= 4 is 27.4 Å². The molecule has 0 aliphatic carbocycles. The summed E-state index contributed by atoms with van der Waals surface area (Å²) in [5, 5.41) is 5.71. The summed E-state index contributed by atoms with van der Waals surface area (Å²) < 4.78 is 25.8. The second-order valence-electron chi connectivity index (χ2n) is 6.29. The van der Waals surface area contributed by atoms with E-state index in [4.69, 9.17) is 0 Å². The van der Waals surface area contributed by atoms with Gasteiger partial charge in [-0.3, -0.25) is 4.72 Å². The van der Waals surface area contributed by atoms with Gasteiger partial charge in [0.25, 0.3) is 0 Å². The monoisotopic (exact) mass is 369 g/mol. The fourth-order valence-corrected chi connectivity index (χ4v) is 3.16. The van der Waals surface area contributed by atoms with Gasteiger partial charge in [0.05, 0.1) is 11.4 Å². The molecule has 0 fully saturated rings. The van der Waals surface area contributed by atoms with Crippen LogP contribution in [0.5, 0.6) is 0 Å². The third kappa shape index (κ3) is 7.77. The zero-order valence-electron chi connectivity index (χ0n) is 15.7. The number of carbonyl (C=O) groups is 1. The van der Waals surface area contributed by atoms with Gasteiger partial charge in [-0.25, -0.2) is 13.2 Å². The summed E-state index contributed by atoms with van der Waals surface area (Å²) in [7, 11) is -3.31. The molecule has 1 atom stereocenters. The zero-order chi connectivity index (χ0) is 18.9. The van der Waals surface area contributed by atoms with Crippen molar-refractivity contribution in [3.8, 4) is 0 Å². The molecule has 1 aromatic rings. The SMILES string of the molecule is CCCCC(CC)CNC(=O)Nc1ccc(NS(=O)(=O)CC)c(C)c1. The van der Waals surface area contributed by atoms with Gasteiger partial charge in [0.15, 0.2) is 0 Å². The molecule has 0 aliphatic heterocycles. The Labute approximate surface area is 151 Å². The summed E-state index contributed by atoms with van der Waals surface area (Å²) >= 11 is 0. The van der Waals surface area contributed by atoms with Gasteiger partial charge in [-0.05, 0) is 49.9 Å². The van der Waals surface area contributed by atoms with Gasteiger partial charge < -0.3 is 10.6 Å².